The zero-order valence-corrected chi connectivity index (χ0v) is 14.0. The van der Waals surface area contributed by atoms with Crippen LogP contribution in [0.1, 0.15) is 32.0 Å². The summed E-state index contributed by atoms with van der Waals surface area (Å²) in [6, 6.07) is 7.34. The highest BCUT2D eigenvalue weighted by Crippen LogP contribution is 2.29. The number of hydrogen-bond donors (Lipinski definition) is 1. The van der Waals surface area contributed by atoms with E-state index in [9.17, 15) is 9.59 Å². The van der Waals surface area contributed by atoms with Gasteiger partial charge in [-0.3, -0.25) is 4.79 Å². The molecule has 3 heterocycles. The second-order valence-electron chi connectivity index (χ2n) is 5.82. The van der Waals surface area contributed by atoms with Crippen LogP contribution in [0.4, 0.5) is 0 Å². The normalized spacial score (nSPS) is 13.8. The first-order valence-corrected chi connectivity index (χ1v) is 8.65. The third-order valence-electron chi connectivity index (χ3n) is 4.45. The topological polar surface area (TPSA) is 62.4 Å². The predicted molar refractivity (Wildman–Crippen MR) is 92.4 cm³/mol. The van der Waals surface area contributed by atoms with Crippen LogP contribution in [0.25, 0.3) is 10.9 Å². The summed E-state index contributed by atoms with van der Waals surface area (Å²) in [4.78, 5) is 29.6. The van der Waals surface area contributed by atoms with Crippen LogP contribution >= 0.6 is 11.3 Å². The van der Waals surface area contributed by atoms with Gasteiger partial charge in [0, 0.05) is 47.1 Å². The molecule has 1 aliphatic rings. The number of esters is 1. The fraction of sp³-hybridized carbons (Fsp3) is 0.222. The Morgan fingerprint density at radius 2 is 2.12 bits per heavy atom. The number of nitrogens with one attached hydrogen (secondary N) is 1. The molecule has 6 heteroatoms. The van der Waals surface area contributed by atoms with Crippen LogP contribution in [0, 0.1) is 0 Å². The van der Waals surface area contributed by atoms with Gasteiger partial charge in [0.1, 0.15) is 0 Å². The van der Waals surface area contributed by atoms with Crippen LogP contribution in [0.2, 0.25) is 0 Å². The standard InChI is InChI=1S/C18H16N2O3S/c1-23-18(22)11-2-3-15-13(8-11)14-9-20(6-4-16(14)19-15)17(21)12-5-7-24-10-12/h2-3,5,7-8,10,19H,4,6,9H2,1H3. The van der Waals surface area contributed by atoms with Gasteiger partial charge in [0.05, 0.1) is 18.2 Å². The lowest BCUT2D eigenvalue weighted by Crippen LogP contribution is -2.35. The van der Waals surface area contributed by atoms with E-state index in [1.807, 2.05) is 33.9 Å². The highest BCUT2D eigenvalue weighted by atomic mass is 32.1. The van der Waals surface area contributed by atoms with Gasteiger partial charge in [0.2, 0.25) is 0 Å². The number of thiophene rings is 1. The molecule has 24 heavy (non-hydrogen) atoms. The van der Waals surface area contributed by atoms with E-state index in [4.69, 9.17) is 4.74 Å². The summed E-state index contributed by atoms with van der Waals surface area (Å²) in [6.07, 6.45) is 0.785. The molecule has 1 N–H and O–H groups in total. The molecule has 4 rings (SSSR count). The average Bonchev–Trinajstić information content (AvgIpc) is 3.27. The maximum atomic E-state index is 12.6. The molecular weight excluding hydrogens is 324 g/mol. The summed E-state index contributed by atoms with van der Waals surface area (Å²) in [6.45, 7) is 1.24. The minimum absolute atomic E-state index is 0.0559. The molecule has 1 aromatic carbocycles. The Kier molecular flexibility index (Phi) is 3.61. The number of aromatic amines is 1. The van der Waals surface area contributed by atoms with Crippen LogP contribution in [0.15, 0.2) is 35.0 Å². The van der Waals surface area contributed by atoms with Gasteiger partial charge in [0.25, 0.3) is 5.91 Å². The maximum absolute atomic E-state index is 12.6. The fourth-order valence-corrected chi connectivity index (χ4v) is 3.83. The van der Waals surface area contributed by atoms with Gasteiger partial charge in [-0.1, -0.05) is 0 Å². The monoisotopic (exact) mass is 340 g/mol. The van der Waals surface area contributed by atoms with E-state index < -0.39 is 0 Å². The van der Waals surface area contributed by atoms with E-state index in [-0.39, 0.29) is 11.9 Å². The number of nitrogens with zero attached hydrogens (tertiary/aromatic N) is 1. The Labute approximate surface area is 142 Å². The minimum atomic E-state index is -0.353. The summed E-state index contributed by atoms with van der Waals surface area (Å²) in [5, 5.41) is 4.77. The summed E-state index contributed by atoms with van der Waals surface area (Å²) >= 11 is 1.52. The molecule has 0 saturated heterocycles. The summed E-state index contributed by atoms with van der Waals surface area (Å²) in [5.74, 6) is -0.297. The lowest BCUT2D eigenvalue weighted by atomic mass is 10.0. The Morgan fingerprint density at radius 3 is 2.88 bits per heavy atom. The number of methoxy groups -OCH3 is 1. The maximum Gasteiger partial charge on any atom is 0.337 e. The van der Waals surface area contributed by atoms with Crippen molar-refractivity contribution in [3.05, 3.63) is 57.4 Å². The smallest absolute Gasteiger partial charge is 0.337 e. The average molecular weight is 340 g/mol. The Bertz CT molecular complexity index is 927. The van der Waals surface area contributed by atoms with E-state index in [0.717, 1.165) is 34.1 Å². The van der Waals surface area contributed by atoms with Gasteiger partial charge in [-0.2, -0.15) is 11.3 Å². The van der Waals surface area contributed by atoms with Crippen molar-refractivity contribution in [2.24, 2.45) is 0 Å². The van der Waals surface area contributed by atoms with E-state index in [1.54, 1.807) is 6.07 Å². The molecule has 0 radical (unpaired) electrons. The number of aromatic nitrogens is 1. The van der Waals surface area contributed by atoms with Gasteiger partial charge in [-0.15, -0.1) is 0 Å². The van der Waals surface area contributed by atoms with Gasteiger partial charge in [0.15, 0.2) is 0 Å². The quantitative estimate of drug-likeness (QED) is 0.729. The fourth-order valence-electron chi connectivity index (χ4n) is 3.20. The number of benzene rings is 1. The third kappa shape index (κ3) is 2.39. The highest BCUT2D eigenvalue weighted by molar-refractivity contribution is 7.08. The summed E-state index contributed by atoms with van der Waals surface area (Å²) in [5.41, 5.74) is 4.47. The van der Waals surface area contributed by atoms with Crippen LogP contribution in [0.5, 0.6) is 0 Å². The molecule has 3 aromatic rings. The molecule has 0 saturated carbocycles. The van der Waals surface area contributed by atoms with Crippen molar-refractivity contribution in [1.82, 2.24) is 9.88 Å². The number of fused-ring (bicyclic) bond motifs is 3. The number of ether oxygens (including phenoxy) is 1. The molecule has 1 amide bonds. The zero-order chi connectivity index (χ0) is 16.7. The second-order valence-corrected chi connectivity index (χ2v) is 6.60. The van der Waals surface area contributed by atoms with Crippen LogP contribution in [-0.2, 0) is 17.7 Å². The number of amides is 1. The first-order valence-electron chi connectivity index (χ1n) is 7.70. The minimum Gasteiger partial charge on any atom is -0.465 e. The molecule has 0 aliphatic carbocycles. The van der Waals surface area contributed by atoms with E-state index in [1.165, 1.54) is 18.4 Å². The lowest BCUT2D eigenvalue weighted by Gasteiger charge is -2.27. The first kappa shape index (κ1) is 15.0. The van der Waals surface area contributed by atoms with Crippen molar-refractivity contribution in [3.8, 4) is 0 Å². The molecule has 122 valence electrons. The van der Waals surface area contributed by atoms with Crippen molar-refractivity contribution in [2.45, 2.75) is 13.0 Å². The molecule has 5 nitrogen and oxygen atoms in total. The molecule has 0 spiro atoms. The van der Waals surface area contributed by atoms with Gasteiger partial charge in [-0.25, -0.2) is 4.79 Å². The van der Waals surface area contributed by atoms with Crippen LogP contribution in [0.3, 0.4) is 0 Å². The predicted octanol–water partition coefficient (Wildman–Crippen LogP) is 3.21. The lowest BCUT2D eigenvalue weighted by molar-refractivity contribution is 0.0600. The number of carbonyl (C=O) groups excluding carboxylic acids is 2. The second kappa shape index (κ2) is 5.79. The van der Waals surface area contributed by atoms with Gasteiger partial charge < -0.3 is 14.6 Å². The van der Waals surface area contributed by atoms with Crippen molar-refractivity contribution in [1.29, 1.82) is 0 Å². The molecule has 0 fully saturated rings. The summed E-state index contributed by atoms with van der Waals surface area (Å²) < 4.78 is 4.80. The van der Waals surface area contributed by atoms with Crippen molar-refractivity contribution >= 4 is 34.1 Å². The Hall–Kier alpha value is -2.60. The molecule has 0 atom stereocenters. The van der Waals surface area contributed by atoms with Gasteiger partial charge >= 0.3 is 5.97 Å². The number of carbonyl (C=O) groups is 2. The highest BCUT2D eigenvalue weighted by Gasteiger charge is 2.25. The summed E-state index contributed by atoms with van der Waals surface area (Å²) in [7, 11) is 1.38. The molecule has 1 aliphatic heterocycles. The van der Waals surface area contributed by atoms with Crippen molar-refractivity contribution in [3.63, 3.8) is 0 Å². The SMILES string of the molecule is COC(=O)c1ccc2[nH]c3c(c2c1)CN(C(=O)c1ccsc1)CC3. The molecule has 0 unspecified atom stereocenters. The van der Waals surface area contributed by atoms with Crippen LogP contribution in [-0.4, -0.2) is 35.4 Å². The zero-order valence-electron chi connectivity index (χ0n) is 13.2. The van der Waals surface area contributed by atoms with Crippen LogP contribution < -0.4 is 0 Å². The molecular formula is C18H16N2O3S. The van der Waals surface area contributed by atoms with E-state index >= 15 is 0 Å². The Balaban J connectivity index is 1.71. The first-order chi connectivity index (χ1) is 11.7. The van der Waals surface area contributed by atoms with Gasteiger partial charge in [-0.05, 0) is 29.6 Å². The molecule has 2 aromatic heterocycles. The van der Waals surface area contributed by atoms with Crippen molar-refractivity contribution < 1.29 is 14.3 Å². The number of rotatable bonds is 2. The Morgan fingerprint density at radius 1 is 1.25 bits per heavy atom. The van der Waals surface area contributed by atoms with E-state index in [2.05, 4.69) is 4.98 Å². The third-order valence-corrected chi connectivity index (χ3v) is 5.13. The largest absolute Gasteiger partial charge is 0.465 e. The van der Waals surface area contributed by atoms with E-state index in [0.29, 0.717) is 18.7 Å². The molecule has 0 bridgehead atoms. The van der Waals surface area contributed by atoms with Crippen molar-refractivity contribution in [2.75, 3.05) is 13.7 Å². The number of H-pyrrole nitrogens is 1. The number of hydrogen-bond acceptors (Lipinski definition) is 4.